The maximum Gasteiger partial charge on any atom is 0.230 e. The number of nitrogens with one attached hydrogen (secondary N) is 1. The fourth-order valence-electron chi connectivity index (χ4n) is 5.16. The monoisotopic (exact) mass is 353 g/mol. The summed E-state index contributed by atoms with van der Waals surface area (Å²) in [5, 5.41) is 2.98. The number of hydrogen-bond donors (Lipinski definition) is 1. The number of carbonyl (C=O) groups is 2. The first-order valence-electron chi connectivity index (χ1n) is 9.52. The van der Waals surface area contributed by atoms with Crippen LogP contribution in [0.1, 0.15) is 31.2 Å². The van der Waals surface area contributed by atoms with Gasteiger partial charge in [0.05, 0.1) is 24.5 Å². The third kappa shape index (κ3) is 2.31. The van der Waals surface area contributed by atoms with Gasteiger partial charge in [0.2, 0.25) is 11.8 Å². The number of rotatable bonds is 4. The second-order valence-corrected chi connectivity index (χ2v) is 7.88. The number of fused-ring (bicyclic) bond motifs is 1. The molecule has 1 aliphatic carbocycles. The van der Waals surface area contributed by atoms with Crippen LogP contribution in [0.3, 0.4) is 0 Å². The predicted molar refractivity (Wildman–Crippen MR) is 93.8 cm³/mol. The summed E-state index contributed by atoms with van der Waals surface area (Å²) in [5.74, 6) is -0.815. The normalized spacial score (nSPS) is 35.3. The molecule has 2 saturated heterocycles. The summed E-state index contributed by atoms with van der Waals surface area (Å²) in [4.78, 5) is 32.1. The first-order valence-corrected chi connectivity index (χ1v) is 9.52. The first kappa shape index (κ1) is 16.0. The van der Waals surface area contributed by atoms with E-state index in [2.05, 4.69) is 10.3 Å². The third-order valence-corrected chi connectivity index (χ3v) is 6.39. The zero-order valence-electron chi connectivity index (χ0n) is 14.6. The topological polar surface area (TPSA) is 71.5 Å². The maximum atomic E-state index is 13.2. The highest BCUT2D eigenvalue weighted by Gasteiger charge is 2.67. The quantitative estimate of drug-likeness (QED) is 0.831. The van der Waals surface area contributed by atoms with Gasteiger partial charge >= 0.3 is 0 Å². The van der Waals surface area contributed by atoms with Gasteiger partial charge in [-0.05, 0) is 24.5 Å². The van der Waals surface area contributed by atoms with Crippen LogP contribution in [0.25, 0.3) is 0 Å². The number of aromatic nitrogens is 1. The van der Waals surface area contributed by atoms with E-state index in [0.29, 0.717) is 19.1 Å². The average Bonchev–Trinajstić information content (AvgIpc) is 3.42. The van der Waals surface area contributed by atoms with Crippen LogP contribution in [0.15, 0.2) is 36.7 Å². The molecule has 0 radical (unpaired) electrons. The van der Waals surface area contributed by atoms with E-state index in [4.69, 9.17) is 4.74 Å². The van der Waals surface area contributed by atoms with Crippen molar-refractivity contribution in [3.63, 3.8) is 0 Å². The minimum Gasteiger partial charge on any atom is -0.360 e. The van der Waals surface area contributed by atoms with Crippen LogP contribution in [0, 0.1) is 11.8 Å². The third-order valence-electron chi connectivity index (χ3n) is 6.39. The number of carbonyl (C=O) groups excluding carboxylic acids is 2. The number of ether oxygens (including phenoxy) is 1. The molecular weight excluding hydrogens is 330 g/mol. The maximum absolute atomic E-state index is 13.2. The Balaban J connectivity index is 1.34. The Kier molecular flexibility index (Phi) is 3.64. The fourth-order valence-corrected chi connectivity index (χ4v) is 5.16. The molecule has 3 aliphatic heterocycles. The molecule has 3 fully saturated rings. The second-order valence-electron chi connectivity index (χ2n) is 7.88. The molecule has 4 aliphatic rings. The zero-order chi connectivity index (χ0) is 17.7. The van der Waals surface area contributed by atoms with E-state index in [-0.39, 0.29) is 23.8 Å². The van der Waals surface area contributed by atoms with Gasteiger partial charge in [0.15, 0.2) is 0 Å². The van der Waals surface area contributed by atoms with Crippen molar-refractivity contribution >= 4 is 11.8 Å². The SMILES string of the molecule is O=C(NCc1cccnc1)[C@@H]1[C@H]2C(=O)N(C3CCCC3)C[C@@]23C=C[C@H]1O3. The Labute approximate surface area is 152 Å². The van der Waals surface area contributed by atoms with E-state index >= 15 is 0 Å². The van der Waals surface area contributed by atoms with Crippen LogP contribution in [0.2, 0.25) is 0 Å². The molecule has 1 spiro atoms. The molecule has 4 atom stereocenters. The van der Waals surface area contributed by atoms with E-state index in [1.165, 1.54) is 12.8 Å². The summed E-state index contributed by atoms with van der Waals surface area (Å²) in [5.41, 5.74) is 0.348. The Morgan fingerprint density at radius 2 is 2.23 bits per heavy atom. The van der Waals surface area contributed by atoms with Gasteiger partial charge in [-0.25, -0.2) is 0 Å². The fraction of sp³-hybridized carbons (Fsp3) is 0.550. The summed E-state index contributed by atoms with van der Waals surface area (Å²) in [7, 11) is 0. The number of hydrogen-bond acceptors (Lipinski definition) is 4. The van der Waals surface area contributed by atoms with Crippen molar-refractivity contribution in [3.05, 3.63) is 42.2 Å². The Morgan fingerprint density at radius 3 is 3.00 bits per heavy atom. The highest BCUT2D eigenvalue weighted by atomic mass is 16.5. The lowest BCUT2D eigenvalue weighted by Crippen LogP contribution is -2.44. The molecule has 4 heterocycles. The zero-order valence-corrected chi connectivity index (χ0v) is 14.6. The molecule has 1 aromatic rings. The number of pyridine rings is 1. The van der Waals surface area contributed by atoms with E-state index in [1.54, 1.807) is 12.4 Å². The molecular formula is C20H23N3O3. The van der Waals surface area contributed by atoms with Gasteiger partial charge < -0.3 is 15.0 Å². The van der Waals surface area contributed by atoms with E-state index in [0.717, 1.165) is 18.4 Å². The summed E-state index contributed by atoms with van der Waals surface area (Å²) in [6, 6.07) is 4.09. The lowest BCUT2D eigenvalue weighted by Gasteiger charge is -2.27. The van der Waals surface area contributed by atoms with Crippen molar-refractivity contribution in [1.82, 2.24) is 15.2 Å². The molecule has 5 rings (SSSR count). The van der Waals surface area contributed by atoms with E-state index in [1.807, 2.05) is 29.2 Å². The largest absolute Gasteiger partial charge is 0.360 e. The molecule has 2 amide bonds. The Bertz CT molecular complexity index is 759. The van der Waals surface area contributed by atoms with Crippen LogP contribution >= 0.6 is 0 Å². The molecule has 6 heteroatoms. The Morgan fingerprint density at radius 1 is 1.38 bits per heavy atom. The van der Waals surface area contributed by atoms with Crippen LogP contribution in [-0.4, -0.2) is 46.0 Å². The lowest BCUT2D eigenvalue weighted by molar-refractivity contribution is -0.138. The molecule has 26 heavy (non-hydrogen) atoms. The highest BCUT2D eigenvalue weighted by molar-refractivity contribution is 5.93. The van der Waals surface area contributed by atoms with Crippen molar-refractivity contribution in [2.75, 3.05) is 6.54 Å². The summed E-state index contributed by atoms with van der Waals surface area (Å²) < 4.78 is 6.18. The van der Waals surface area contributed by atoms with Crippen molar-refractivity contribution in [1.29, 1.82) is 0 Å². The number of likely N-dealkylation sites (tertiary alicyclic amines) is 1. The molecule has 0 aromatic carbocycles. The molecule has 1 saturated carbocycles. The number of nitrogens with zero attached hydrogens (tertiary/aromatic N) is 2. The first-order chi connectivity index (χ1) is 12.7. The van der Waals surface area contributed by atoms with Gasteiger partial charge in [-0.3, -0.25) is 14.6 Å². The van der Waals surface area contributed by atoms with Crippen LogP contribution in [-0.2, 0) is 20.9 Å². The average molecular weight is 353 g/mol. The van der Waals surface area contributed by atoms with E-state index in [9.17, 15) is 9.59 Å². The van der Waals surface area contributed by atoms with Crippen molar-refractivity contribution < 1.29 is 14.3 Å². The lowest BCUT2D eigenvalue weighted by atomic mass is 9.77. The summed E-state index contributed by atoms with van der Waals surface area (Å²) in [6.45, 7) is 1.01. The molecule has 136 valence electrons. The molecule has 0 unspecified atom stereocenters. The summed E-state index contributed by atoms with van der Waals surface area (Å²) >= 11 is 0. The number of amides is 2. The van der Waals surface area contributed by atoms with Gasteiger partial charge in [-0.15, -0.1) is 0 Å². The second kappa shape index (κ2) is 5.91. The van der Waals surface area contributed by atoms with E-state index < -0.39 is 11.5 Å². The molecule has 6 nitrogen and oxygen atoms in total. The smallest absolute Gasteiger partial charge is 0.230 e. The van der Waals surface area contributed by atoms with Crippen LogP contribution < -0.4 is 5.32 Å². The molecule has 1 aromatic heterocycles. The van der Waals surface area contributed by atoms with Crippen LogP contribution in [0.5, 0.6) is 0 Å². The Hall–Kier alpha value is -2.21. The minimum absolute atomic E-state index is 0.100. The van der Waals surface area contributed by atoms with Gasteiger partial charge in [0, 0.05) is 25.0 Å². The minimum atomic E-state index is -0.597. The van der Waals surface area contributed by atoms with Gasteiger partial charge in [0.25, 0.3) is 0 Å². The molecule has 1 N–H and O–H groups in total. The highest BCUT2D eigenvalue weighted by Crippen LogP contribution is 2.52. The van der Waals surface area contributed by atoms with Crippen molar-refractivity contribution in [3.8, 4) is 0 Å². The standard InChI is InChI=1S/C20H23N3O3/c24-18(22-11-13-4-3-9-21-10-13)16-15-7-8-20(26-15)12-23(19(25)17(16)20)14-5-1-2-6-14/h3-4,7-10,14-17H,1-2,5-6,11-12H2,(H,22,24)/t15-,16+,17+,20+/m1/s1. The van der Waals surface area contributed by atoms with Gasteiger partial charge in [0.1, 0.15) is 5.60 Å². The van der Waals surface area contributed by atoms with Gasteiger partial charge in [-0.2, -0.15) is 0 Å². The molecule has 2 bridgehead atoms. The van der Waals surface area contributed by atoms with Crippen LogP contribution in [0.4, 0.5) is 0 Å². The van der Waals surface area contributed by atoms with Gasteiger partial charge in [-0.1, -0.05) is 31.1 Å². The predicted octanol–water partition coefficient (Wildman–Crippen LogP) is 1.42. The van der Waals surface area contributed by atoms with Crippen molar-refractivity contribution in [2.24, 2.45) is 11.8 Å². The van der Waals surface area contributed by atoms with Crippen molar-refractivity contribution in [2.45, 2.75) is 50.0 Å². The summed E-state index contributed by atoms with van der Waals surface area (Å²) in [6.07, 6.45) is 11.7.